The minimum atomic E-state index is -0.216. The van der Waals surface area contributed by atoms with Gasteiger partial charge in [0.1, 0.15) is 0 Å². The summed E-state index contributed by atoms with van der Waals surface area (Å²) >= 11 is 3.14. The molecule has 2 heterocycles. The summed E-state index contributed by atoms with van der Waals surface area (Å²) in [7, 11) is 0. The molecule has 0 spiro atoms. The van der Waals surface area contributed by atoms with Crippen LogP contribution in [0.5, 0.6) is 0 Å². The Kier molecular flexibility index (Phi) is 2.41. The van der Waals surface area contributed by atoms with E-state index in [4.69, 9.17) is 0 Å². The van der Waals surface area contributed by atoms with E-state index in [0.29, 0.717) is 10.3 Å². The molecule has 5 heteroatoms. The lowest BCUT2D eigenvalue weighted by Crippen LogP contribution is -2.21. The van der Waals surface area contributed by atoms with Crippen LogP contribution < -0.4 is 5.56 Å². The van der Waals surface area contributed by atoms with Gasteiger partial charge in [-0.1, -0.05) is 6.07 Å². The topological polar surface area (TPSA) is 47.8 Å². The molecule has 2 aromatic rings. The predicted molar refractivity (Wildman–Crippen MR) is 55.3 cm³/mol. The molecule has 0 aliphatic carbocycles. The molecule has 2 aromatic heterocycles. The van der Waals surface area contributed by atoms with Gasteiger partial charge in [-0.15, -0.1) is 0 Å². The van der Waals surface area contributed by atoms with E-state index in [0.717, 1.165) is 0 Å². The number of hydrogen-bond donors (Lipinski definition) is 0. The first kappa shape index (κ1) is 9.08. The van der Waals surface area contributed by atoms with Crippen LogP contribution in [-0.4, -0.2) is 14.8 Å². The van der Waals surface area contributed by atoms with E-state index in [2.05, 4.69) is 26.0 Å². The van der Waals surface area contributed by atoms with Crippen molar-refractivity contribution in [2.24, 2.45) is 0 Å². The van der Waals surface area contributed by atoms with Crippen molar-refractivity contribution in [3.05, 3.63) is 51.5 Å². The summed E-state index contributed by atoms with van der Waals surface area (Å²) in [6.45, 7) is 0. The first-order chi connectivity index (χ1) is 6.79. The second-order valence-electron chi connectivity index (χ2n) is 2.58. The average Bonchev–Trinajstić information content (AvgIpc) is 2.23. The SMILES string of the molecule is O=c1c(Br)ccnn1-c1ccccn1. The summed E-state index contributed by atoms with van der Waals surface area (Å²) in [5.41, 5.74) is -0.216. The van der Waals surface area contributed by atoms with Gasteiger partial charge in [0.2, 0.25) is 0 Å². The quantitative estimate of drug-likeness (QED) is 0.770. The van der Waals surface area contributed by atoms with Gasteiger partial charge in [-0.3, -0.25) is 4.79 Å². The number of rotatable bonds is 1. The summed E-state index contributed by atoms with van der Waals surface area (Å²) in [5.74, 6) is 0.513. The van der Waals surface area contributed by atoms with Gasteiger partial charge in [0.15, 0.2) is 5.82 Å². The lowest BCUT2D eigenvalue weighted by molar-refractivity contribution is 0.776. The lowest BCUT2D eigenvalue weighted by Gasteiger charge is -2.01. The number of aromatic nitrogens is 3. The van der Waals surface area contributed by atoms with Crippen LogP contribution in [0.2, 0.25) is 0 Å². The van der Waals surface area contributed by atoms with Gasteiger partial charge in [-0.2, -0.15) is 9.78 Å². The van der Waals surface area contributed by atoms with Gasteiger partial charge in [-0.25, -0.2) is 4.98 Å². The summed E-state index contributed by atoms with van der Waals surface area (Å²) < 4.78 is 1.71. The smallest absolute Gasteiger partial charge is 0.266 e. The van der Waals surface area contributed by atoms with E-state index in [1.54, 1.807) is 36.7 Å². The minimum absolute atomic E-state index is 0.216. The predicted octanol–water partition coefficient (Wildman–Crippen LogP) is 1.39. The van der Waals surface area contributed by atoms with Crippen LogP contribution in [-0.2, 0) is 0 Å². The molecule has 0 aliphatic heterocycles. The van der Waals surface area contributed by atoms with E-state index in [-0.39, 0.29) is 5.56 Å². The molecular weight excluding hydrogens is 246 g/mol. The standard InChI is InChI=1S/C9H6BrN3O/c10-7-4-6-12-13(9(7)14)8-3-1-2-5-11-8/h1-6H. The summed E-state index contributed by atoms with van der Waals surface area (Å²) in [6.07, 6.45) is 3.16. The van der Waals surface area contributed by atoms with Gasteiger partial charge >= 0.3 is 0 Å². The molecule has 0 radical (unpaired) electrons. The maximum atomic E-state index is 11.6. The normalized spacial score (nSPS) is 10.1. The van der Waals surface area contributed by atoms with E-state index in [9.17, 15) is 4.79 Å². The fraction of sp³-hybridized carbons (Fsp3) is 0. The number of pyridine rings is 1. The van der Waals surface area contributed by atoms with Crippen molar-refractivity contribution in [3.63, 3.8) is 0 Å². The van der Waals surface area contributed by atoms with Gasteiger partial charge < -0.3 is 0 Å². The Hall–Kier alpha value is -1.49. The molecule has 0 bridgehead atoms. The van der Waals surface area contributed by atoms with Crippen molar-refractivity contribution >= 4 is 15.9 Å². The molecule has 0 aliphatic rings. The van der Waals surface area contributed by atoms with E-state index >= 15 is 0 Å². The Labute approximate surface area is 88.4 Å². The lowest BCUT2D eigenvalue weighted by atomic mass is 10.4. The highest BCUT2D eigenvalue weighted by molar-refractivity contribution is 9.10. The van der Waals surface area contributed by atoms with Crippen LogP contribution in [0, 0.1) is 0 Å². The Morgan fingerprint density at radius 2 is 2.07 bits per heavy atom. The molecule has 0 saturated carbocycles. The maximum Gasteiger partial charge on any atom is 0.287 e. The fourth-order valence-electron chi connectivity index (χ4n) is 1.03. The van der Waals surface area contributed by atoms with Gasteiger partial charge in [0.05, 0.1) is 4.47 Å². The highest BCUT2D eigenvalue weighted by Crippen LogP contribution is 2.02. The number of hydrogen-bond acceptors (Lipinski definition) is 3. The van der Waals surface area contributed by atoms with Crippen molar-refractivity contribution in [2.45, 2.75) is 0 Å². The molecule has 70 valence electrons. The van der Waals surface area contributed by atoms with Crippen LogP contribution in [0.1, 0.15) is 0 Å². The Morgan fingerprint density at radius 3 is 2.79 bits per heavy atom. The Balaban J connectivity index is 2.64. The van der Waals surface area contributed by atoms with E-state index in [1.165, 1.54) is 4.68 Å². The molecule has 0 amide bonds. The second-order valence-corrected chi connectivity index (χ2v) is 3.44. The minimum Gasteiger partial charge on any atom is -0.266 e. The Bertz CT molecular complexity index is 495. The molecule has 0 atom stereocenters. The van der Waals surface area contributed by atoms with Gasteiger partial charge in [0.25, 0.3) is 5.56 Å². The van der Waals surface area contributed by atoms with Crippen molar-refractivity contribution in [3.8, 4) is 5.82 Å². The van der Waals surface area contributed by atoms with Crippen LogP contribution in [0.3, 0.4) is 0 Å². The molecule has 0 N–H and O–H groups in total. The second kappa shape index (κ2) is 3.71. The van der Waals surface area contributed by atoms with Crippen LogP contribution >= 0.6 is 15.9 Å². The average molecular weight is 252 g/mol. The largest absolute Gasteiger partial charge is 0.287 e. The van der Waals surface area contributed by atoms with Crippen molar-refractivity contribution in [1.82, 2.24) is 14.8 Å². The summed E-state index contributed by atoms with van der Waals surface area (Å²) in [6, 6.07) is 6.91. The van der Waals surface area contributed by atoms with E-state index in [1.807, 2.05) is 0 Å². The molecule has 0 unspecified atom stereocenters. The van der Waals surface area contributed by atoms with Crippen molar-refractivity contribution in [2.75, 3.05) is 0 Å². The molecule has 14 heavy (non-hydrogen) atoms. The highest BCUT2D eigenvalue weighted by atomic mass is 79.9. The molecule has 4 nitrogen and oxygen atoms in total. The highest BCUT2D eigenvalue weighted by Gasteiger charge is 2.03. The molecular formula is C9H6BrN3O. The Morgan fingerprint density at radius 1 is 1.21 bits per heavy atom. The summed E-state index contributed by atoms with van der Waals surface area (Å²) in [5, 5.41) is 3.92. The molecule has 2 rings (SSSR count). The zero-order chi connectivity index (χ0) is 9.97. The zero-order valence-electron chi connectivity index (χ0n) is 7.09. The van der Waals surface area contributed by atoms with E-state index < -0.39 is 0 Å². The first-order valence-electron chi connectivity index (χ1n) is 3.94. The van der Waals surface area contributed by atoms with Gasteiger partial charge in [-0.05, 0) is 34.1 Å². The third-order valence-electron chi connectivity index (χ3n) is 1.67. The van der Waals surface area contributed by atoms with Crippen LogP contribution in [0.4, 0.5) is 0 Å². The summed E-state index contributed by atoms with van der Waals surface area (Å²) in [4.78, 5) is 15.6. The van der Waals surface area contributed by atoms with Gasteiger partial charge in [0, 0.05) is 12.4 Å². The van der Waals surface area contributed by atoms with Crippen LogP contribution in [0.25, 0.3) is 5.82 Å². The number of nitrogens with zero attached hydrogens (tertiary/aromatic N) is 3. The zero-order valence-corrected chi connectivity index (χ0v) is 8.68. The third kappa shape index (κ3) is 1.58. The number of halogens is 1. The van der Waals surface area contributed by atoms with Crippen LogP contribution in [0.15, 0.2) is 45.9 Å². The van der Waals surface area contributed by atoms with Crippen molar-refractivity contribution < 1.29 is 0 Å². The molecule has 0 saturated heterocycles. The third-order valence-corrected chi connectivity index (χ3v) is 2.27. The monoisotopic (exact) mass is 251 g/mol. The fourth-order valence-corrected chi connectivity index (χ4v) is 1.32. The molecule has 0 fully saturated rings. The molecule has 0 aromatic carbocycles. The first-order valence-corrected chi connectivity index (χ1v) is 4.73. The van der Waals surface area contributed by atoms with Crippen molar-refractivity contribution in [1.29, 1.82) is 0 Å². The maximum absolute atomic E-state index is 11.6.